The molecule has 0 unspecified atom stereocenters. The van der Waals surface area contributed by atoms with Gasteiger partial charge in [-0.15, -0.1) is 0 Å². The van der Waals surface area contributed by atoms with Crippen molar-refractivity contribution in [2.24, 2.45) is 0 Å². The van der Waals surface area contributed by atoms with Crippen molar-refractivity contribution in [2.45, 2.75) is 83.4 Å². The summed E-state index contributed by atoms with van der Waals surface area (Å²) in [6.07, 6.45) is 13.9. The maximum absolute atomic E-state index is 10.7. The molecule has 0 aliphatic rings. The van der Waals surface area contributed by atoms with Crippen LogP contribution in [0.1, 0.15) is 78.1 Å². The third kappa shape index (κ3) is 14.2. The van der Waals surface area contributed by atoms with Crippen LogP contribution in [0, 0.1) is 0 Å². The van der Waals surface area contributed by atoms with Crippen LogP contribution in [-0.2, 0) is 4.79 Å². The molecule has 0 N–H and O–H groups in total. The van der Waals surface area contributed by atoms with Gasteiger partial charge in [-0.2, -0.15) is 0 Å². The summed E-state index contributed by atoms with van der Waals surface area (Å²) in [6, 6.07) is 0. The molecule has 2 heteroatoms. The second-order valence-corrected chi connectivity index (χ2v) is 7.19. The van der Waals surface area contributed by atoms with Crippen LogP contribution in [0.3, 0.4) is 0 Å². The van der Waals surface area contributed by atoms with Crippen molar-refractivity contribution in [3.05, 3.63) is 0 Å². The van der Waals surface area contributed by atoms with Crippen molar-refractivity contribution >= 4 is 19.6 Å². The van der Waals surface area contributed by atoms with Gasteiger partial charge in [0.2, 0.25) is 0 Å². The topological polar surface area (TPSA) is 17.1 Å². The number of unbranched alkanes of at least 4 members (excludes halogenated alkanes) is 9. The molecule has 0 atom stereocenters. The Bertz CT molecular complexity index is 157. The van der Waals surface area contributed by atoms with Gasteiger partial charge >= 0.3 is 108 Å². The molecule has 0 radical (unpaired) electrons. The zero-order valence-corrected chi connectivity index (χ0v) is 12.8. The number of rotatable bonds is 12. The van der Waals surface area contributed by atoms with E-state index in [2.05, 4.69) is 6.92 Å². The van der Waals surface area contributed by atoms with Gasteiger partial charge in [0.25, 0.3) is 0 Å². The Kier molecular flexibility index (Phi) is 13.4. The van der Waals surface area contributed by atoms with Crippen LogP contribution >= 0.6 is 0 Å². The molecular formula is C14H28OSe. The van der Waals surface area contributed by atoms with Crippen molar-refractivity contribution < 1.29 is 4.79 Å². The van der Waals surface area contributed by atoms with Crippen molar-refractivity contribution in [1.82, 2.24) is 0 Å². The zero-order chi connectivity index (χ0) is 12.1. The summed E-state index contributed by atoms with van der Waals surface area (Å²) in [4.78, 5) is 10.7. The molecule has 0 saturated carbocycles. The molecule has 0 bridgehead atoms. The van der Waals surface area contributed by atoms with Gasteiger partial charge in [-0.05, 0) is 0 Å². The first-order chi connectivity index (χ1) is 7.77. The molecule has 0 aromatic carbocycles. The van der Waals surface area contributed by atoms with E-state index in [-0.39, 0.29) is 15.0 Å². The van der Waals surface area contributed by atoms with E-state index in [9.17, 15) is 4.79 Å². The average Bonchev–Trinajstić information content (AvgIpc) is 2.25. The molecule has 0 rings (SSSR count). The Labute approximate surface area is 108 Å². The van der Waals surface area contributed by atoms with Crippen molar-refractivity contribution in [3.8, 4) is 0 Å². The summed E-state index contributed by atoms with van der Waals surface area (Å²) in [5.74, 6) is 0. The summed E-state index contributed by atoms with van der Waals surface area (Å²) >= 11 is 0.278. The van der Waals surface area contributed by atoms with Crippen LogP contribution in [0.15, 0.2) is 0 Å². The summed E-state index contributed by atoms with van der Waals surface area (Å²) in [7, 11) is 0. The SMILES string of the molecule is CCCCCCCCCCCC[Se]C(C)=O. The fourth-order valence-electron chi connectivity index (χ4n) is 1.81. The second-order valence-electron chi connectivity index (χ2n) is 4.52. The van der Waals surface area contributed by atoms with E-state index in [1.165, 1.54) is 69.5 Å². The summed E-state index contributed by atoms with van der Waals surface area (Å²) in [6.45, 7) is 3.98. The Morgan fingerprint density at radius 3 is 1.69 bits per heavy atom. The van der Waals surface area contributed by atoms with Crippen LogP contribution in [0.25, 0.3) is 0 Å². The molecule has 0 aliphatic carbocycles. The minimum absolute atomic E-state index is 0.278. The fourth-order valence-corrected chi connectivity index (χ4v) is 3.14. The van der Waals surface area contributed by atoms with Gasteiger partial charge in [-0.1, -0.05) is 0 Å². The third-order valence-corrected chi connectivity index (χ3v) is 4.69. The average molecular weight is 291 g/mol. The van der Waals surface area contributed by atoms with E-state index in [0.29, 0.717) is 4.68 Å². The van der Waals surface area contributed by atoms with Crippen molar-refractivity contribution in [1.29, 1.82) is 0 Å². The molecule has 0 saturated heterocycles. The normalized spacial score (nSPS) is 10.6. The van der Waals surface area contributed by atoms with Crippen molar-refractivity contribution in [2.75, 3.05) is 0 Å². The van der Waals surface area contributed by atoms with Gasteiger partial charge in [-0.25, -0.2) is 0 Å². The third-order valence-electron chi connectivity index (χ3n) is 2.80. The van der Waals surface area contributed by atoms with E-state index in [0.717, 1.165) is 0 Å². The van der Waals surface area contributed by atoms with Gasteiger partial charge in [0.1, 0.15) is 0 Å². The Morgan fingerprint density at radius 2 is 1.25 bits per heavy atom. The van der Waals surface area contributed by atoms with Crippen LogP contribution in [0.4, 0.5) is 0 Å². The molecule has 0 aromatic heterocycles. The van der Waals surface area contributed by atoms with Crippen LogP contribution in [0.2, 0.25) is 5.32 Å². The van der Waals surface area contributed by atoms with Crippen LogP contribution in [0.5, 0.6) is 0 Å². The number of carbonyl (C=O) groups is 1. The molecule has 0 aliphatic heterocycles. The number of hydrogen-bond donors (Lipinski definition) is 0. The Balaban J connectivity index is 2.90. The first-order valence-corrected chi connectivity index (χ1v) is 8.97. The van der Waals surface area contributed by atoms with E-state index in [1.807, 2.05) is 0 Å². The molecule has 96 valence electrons. The second kappa shape index (κ2) is 13.3. The molecule has 16 heavy (non-hydrogen) atoms. The summed E-state index contributed by atoms with van der Waals surface area (Å²) in [5.41, 5.74) is 0. The Hall–Kier alpha value is 0.189. The molecule has 0 amide bonds. The summed E-state index contributed by atoms with van der Waals surface area (Å²) in [5, 5.41) is 1.17. The van der Waals surface area contributed by atoms with E-state index in [1.54, 1.807) is 6.92 Å². The minimum atomic E-state index is 0.278. The van der Waals surface area contributed by atoms with E-state index in [4.69, 9.17) is 0 Å². The van der Waals surface area contributed by atoms with Gasteiger partial charge in [0.15, 0.2) is 0 Å². The van der Waals surface area contributed by atoms with Crippen LogP contribution < -0.4 is 0 Å². The predicted octanol–water partition coefficient (Wildman–Crippen LogP) is 4.58. The first-order valence-electron chi connectivity index (χ1n) is 6.90. The predicted molar refractivity (Wildman–Crippen MR) is 73.1 cm³/mol. The molecule has 0 aromatic rings. The molecule has 0 heterocycles. The zero-order valence-electron chi connectivity index (χ0n) is 11.1. The number of carbonyl (C=O) groups excluding carboxylic acids is 1. The maximum atomic E-state index is 10.7. The molecular weight excluding hydrogens is 263 g/mol. The monoisotopic (exact) mass is 292 g/mol. The number of hydrogen-bond acceptors (Lipinski definition) is 1. The quantitative estimate of drug-likeness (QED) is 0.380. The van der Waals surface area contributed by atoms with Gasteiger partial charge in [-0.3, -0.25) is 0 Å². The van der Waals surface area contributed by atoms with Crippen molar-refractivity contribution in [3.63, 3.8) is 0 Å². The standard InChI is InChI=1S/C14H28OSe/c1-3-4-5-6-7-8-9-10-11-12-13-16-14(2)15/h3-13H2,1-2H3. The molecule has 1 nitrogen and oxygen atoms in total. The van der Waals surface area contributed by atoms with E-state index >= 15 is 0 Å². The summed E-state index contributed by atoms with van der Waals surface area (Å²) < 4.78 is 0.406. The fraction of sp³-hybridized carbons (Fsp3) is 0.929. The van der Waals surface area contributed by atoms with Crippen LogP contribution in [-0.4, -0.2) is 19.6 Å². The van der Waals surface area contributed by atoms with Gasteiger partial charge in [0, 0.05) is 0 Å². The van der Waals surface area contributed by atoms with Gasteiger partial charge < -0.3 is 0 Å². The van der Waals surface area contributed by atoms with Gasteiger partial charge in [0.05, 0.1) is 0 Å². The van der Waals surface area contributed by atoms with E-state index < -0.39 is 0 Å². The molecule has 0 fully saturated rings. The first kappa shape index (κ1) is 16.2. The Morgan fingerprint density at radius 1 is 0.812 bits per heavy atom. The molecule has 0 spiro atoms.